The van der Waals surface area contributed by atoms with Crippen LogP contribution in [0.1, 0.15) is 51.3 Å². The van der Waals surface area contributed by atoms with E-state index in [1.54, 1.807) is 0 Å². The molecule has 3 heterocycles. The van der Waals surface area contributed by atoms with Crippen LogP contribution < -0.4 is 10.6 Å². The minimum Gasteiger partial charge on any atom is -0.377 e. The van der Waals surface area contributed by atoms with Crippen LogP contribution in [-0.2, 0) is 11.3 Å². The average Bonchev–Trinajstić information content (AvgIpc) is 3.21. The maximum Gasteiger partial charge on any atom is 0.190 e. The number of rotatable bonds is 6. The Morgan fingerprint density at radius 1 is 1.24 bits per heavy atom. The van der Waals surface area contributed by atoms with Crippen LogP contribution in [0.2, 0.25) is 0 Å². The van der Waals surface area contributed by atoms with Crippen molar-refractivity contribution in [2.24, 2.45) is 22.2 Å². The molecule has 2 N–H and O–H groups in total. The monoisotopic (exact) mass is 420 g/mol. The third-order valence-electron chi connectivity index (χ3n) is 6.17. The van der Waals surface area contributed by atoms with Crippen LogP contribution in [-0.4, -0.2) is 56.8 Å². The molecule has 0 radical (unpaired) electrons. The summed E-state index contributed by atoms with van der Waals surface area (Å²) in [5, 5.41) is 9.34. The molecule has 2 fully saturated rings. The van der Waals surface area contributed by atoms with Crippen molar-refractivity contribution in [1.82, 2.24) is 15.5 Å². The fourth-order valence-corrected chi connectivity index (χ4v) is 5.53. The van der Waals surface area contributed by atoms with E-state index in [0.717, 1.165) is 38.6 Å². The highest BCUT2D eigenvalue weighted by molar-refractivity contribution is 7.09. The van der Waals surface area contributed by atoms with Crippen LogP contribution in [0.25, 0.3) is 0 Å². The summed E-state index contributed by atoms with van der Waals surface area (Å²) in [7, 11) is 1.87. The summed E-state index contributed by atoms with van der Waals surface area (Å²) in [5.74, 6) is 2.15. The van der Waals surface area contributed by atoms with Crippen molar-refractivity contribution in [2.75, 3.05) is 39.8 Å². The Kier molecular flexibility index (Phi) is 8.39. The molecule has 29 heavy (non-hydrogen) atoms. The number of likely N-dealkylation sites (tertiary alicyclic amines) is 1. The molecule has 2 aliphatic rings. The first-order chi connectivity index (χ1) is 14.0. The van der Waals surface area contributed by atoms with E-state index in [-0.39, 0.29) is 5.41 Å². The molecule has 3 atom stereocenters. The highest BCUT2D eigenvalue weighted by Gasteiger charge is 2.35. The van der Waals surface area contributed by atoms with Crippen molar-refractivity contribution in [1.29, 1.82) is 0 Å². The highest BCUT2D eigenvalue weighted by Crippen LogP contribution is 2.33. The Balaban J connectivity index is 1.42. The zero-order valence-corrected chi connectivity index (χ0v) is 19.6. The van der Waals surface area contributed by atoms with Gasteiger partial charge in [0.1, 0.15) is 0 Å². The van der Waals surface area contributed by atoms with Gasteiger partial charge >= 0.3 is 0 Å². The predicted molar refractivity (Wildman–Crippen MR) is 124 cm³/mol. The van der Waals surface area contributed by atoms with Gasteiger partial charge in [0, 0.05) is 50.6 Å². The maximum atomic E-state index is 6.13. The molecular formula is C23H40N4OS. The van der Waals surface area contributed by atoms with Gasteiger partial charge in [-0.2, -0.15) is 0 Å². The lowest BCUT2D eigenvalue weighted by Gasteiger charge is -2.40. The van der Waals surface area contributed by atoms with Crippen molar-refractivity contribution < 1.29 is 4.74 Å². The quantitative estimate of drug-likeness (QED) is 0.540. The van der Waals surface area contributed by atoms with Gasteiger partial charge in [-0.1, -0.05) is 26.8 Å². The minimum atomic E-state index is 0.178. The zero-order chi connectivity index (χ0) is 20.7. The number of piperidine rings is 1. The number of aliphatic imine (C=N–C) groups is 1. The first-order valence-electron chi connectivity index (χ1n) is 11.3. The summed E-state index contributed by atoms with van der Waals surface area (Å²) in [5.41, 5.74) is 0.178. The largest absolute Gasteiger partial charge is 0.377 e. The fourth-order valence-electron chi connectivity index (χ4n) is 4.78. The molecule has 1 aromatic rings. The molecule has 0 bridgehead atoms. The van der Waals surface area contributed by atoms with Crippen LogP contribution in [0.3, 0.4) is 0 Å². The first kappa shape index (κ1) is 22.6. The molecule has 0 aliphatic carbocycles. The van der Waals surface area contributed by atoms with E-state index in [1.165, 1.54) is 37.2 Å². The Morgan fingerprint density at radius 3 is 2.79 bits per heavy atom. The van der Waals surface area contributed by atoms with Gasteiger partial charge in [-0.25, -0.2) is 0 Å². The van der Waals surface area contributed by atoms with Crippen LogP contribution in [0, 0.1) is 17.3 Å². The van der Waals surface area contributed by atoms with Gasteiger partial charge in [-0.3, -0.25) is 9.89 Å². The standard InChI is InChI=1S/C23H40N4OS/c1-23(2,3)21-19(9-6-12-28-21)15-26-22(24-4)25-14-18-8-5-11-27(16-18)17-20-10-7-13-29-20/h7,10,13,18-19,21H,5-6,8-9,11-12,14-17H2,1-4H3,(H2,24,25,26). The normalized spacial score (nSPS) is 27.0. The van der Waals surface area contributed by atoms with Crippen molar-refractivity contribution in [3.63, 3.8) is 0 Å². The topological polar surface area (TPSA) is 48.9 Å². The Morgan fingerprint density at radius 2 is 2.07 bits per heavy atom. The summed E-state index contributed by atoms with van der Waals surface area (Å²) in [6, 6.07) is 4.40. The number of nitrogens with one attached hydrogen (secondary N) is 2. The molecule has 0 spiro atoms. The van der Waals surface area contributed by atoms with E-state index >= 15 is 0 Å². The van der Waals surface area contributed by atoms with Crippen LogP contribution in [0.4, 0.5) is 0 Å². The molecule has 3 rings (SSSR count). The number of hydrogen-bond acceptors (Lipinski definition) is 4. The van der Waals surface area contributed by atoms with E-state index in [9.17, 15) is 0 Å². The predicted octanol–water partition coefficient (Wildman–Crippen LogP) is 3.97. The SMILES string of the molecule is CN=C(NCC1CCCN(Cc2cccs2)C1)NCC1CCCOC1C(C)(C)C. The molecule has 3 unspecified atom stereocenters. The number of thiophene rings is 1. The second-order valence-electron chi connectivity index (χ2n) is 9.72. The number of ether oxygens (including phenoxy) is 1. The third-order valence-corrected chi connectivity index (χ3v) is 7.04. The lowest BCUT2D eigenvalue weighted by molar-refractivity contribution is -0.0835. The summed E-state index contributed by atoms with van der Waals surface area (Å²) in [6.07, 6.45) is 5.29. The number of guanidine groups is 1. The Labute approximate surface area is 181 Å². The number of nitrogens with zero attached hydrogens (tertiary/aromatic N) is 2. The van der Waals surface area contributed by atoms with Crippen molar-refractivity contribution in [3.05, 3.63) is 22.4 Å². The molecule has 5 nitrogen and oxygen atoms in total. The second-order valence-corrected chi connectivity index (χ2v) is 10.7. The molecule has 0 saturated carbocycles. The third kappa shape index (κ3) is 6.97. The van der Waals surface area contributed by atoms with Gasteiger partial charge in [-0.05, 0) is 55.0 Å². The molecule has 164 valence electrons. The zero-order valence-electron chi connectivity index (χ0n) is 18.7. The molecule has 2 aliphatic heterocycles. The van der Waals surface area contributed by atoms with E-state index < -0.39 is 0 Å². The fraction of sp³-hybridized carbons (Fsp3) is 0.783. The van der Waals surface area contributed by atoms with E-state index in [0.29, 0.717) is 17.9 Å². The molecule has 1 aromatic heterocycles. The minimum absolute atomic E-state index is 0.178. The van der Waals surface area contributed by atoms with Gasteiger partial charge in [0.2, 0.25) is 0 Å². The second kappa shape index (κ2) is 10.8. The van der Waals surface area contributed by atoms with Crippen LogP contribution in [0.5, 0.6) is 0 Å². The molecular weight excluding hydrogens is 380 g/mol. The lowest BCUT2D eigenvalue weighted by atomic mass is 9.78. The highest BCUT2D eigenvalue weighted by atomic mass is 32.1. The molecule has 6 heteroatoms. The smallest absolute Gasteiger partial charge is 0.190 e. The van der Waals surface area contributed by atoms with Gasteiger partial charge in [0.15, 0.2) is 5.96 Å². The summed E-state index contributed by atoms with van der Waals surface area (Å²) >= 11 is 1.86. The molecule has 0 aromatic carbocycles. The first-order valence-corrected chi connectivity index (χ1v) is 12.1. The maximum absolute atomic E-state index is 6.13. The Hall–Kier alpha value is -1.11. The van der Waals surface area contributed by atoms with Crippen molar-refractivity contribution >= 4 is 17.3 Å². The summed E-state index contributed by atoms with van der Waals surface area (Å²) < 4.78 is 6.13. The number of hydrogen-bond donors (Lipinski definition) is 2. The average molecular weight is 421 g/mol. The van der Waals surface area contributed by atoms with Gasteiger partial charge in [-0.15, -0.1) is 11.3 Å². The van der Waals surface area contributed by atoms with Crippen molar-refractivity contribution in [3.8, 4) is 0 Å². The van der Waals surface area contributed by atoms with E-state index in [1.807, 2.05) is 18.4 Å². The van der Waals surface area contributed by atoms with E-state index in [2.05, 4.69) is 58.8 Å². The van der Waals surface area contributed by atoms with Crippen molar-refractivity contribution in [2.45, 2.75) is 59.1 Å². The summed E-state index contributed by atoms with van der Waals surface area (Å²) in [6.45, 7) is 13.2. The van der Waals surface area contributed by atoms with Gasteiger partial charge in [0.05, 0.1) is 6.10 Å². The molecule has 2 saturated heterocycles. The van der Waals surface area contributed by atoms with Gasteiger partial charge in [0.25, 0.3) is 0 Å². The summed E-state index contributed by atoms with van der Waals surface area (Å²) in [4.78, 5) is 8.54. The van der Waals surface area contributed by atoms with Crippen LogP contribution >= 0.6 is 11.3 Å². The Bertz CT molecular complexity index is 625. The van der Waals surface area contributed by atoms with Crippen LogP contribution in [0.15, 0.2) is 22.5 Å². The molecule has 0 amide bonds. The van der Waals surface area contributed by atoms with Gasteiger partial charge < -0.3 is 15.4 Å². The lowest BCUT2D eigenvalue weighted by Crippen LogP contribution is -2.49. The van der Waals surface area contributed by atoms with E-state index in [4.69, 9.17) is 4.74 Å².